The second kappa shape index (κ2) is 7.56. The van der Waals surface area contributed by atoms with Crippen molar-refractivity contribution in [1.29, 1.82) is 0 Å². The van der Waals surface area contributed by atoms with Crippen LogP contribution < -0.4 is 10.1 Å². The summed E-state index contributed by atoms with van der Waals surface area (Å²) in [5.74, 6) is 1.69. The van der Waals surface area contributed by atoms with Gasteiger partial charge in [-0.15, -0.1) is 10.2 Å². The first-order chi connectivity index (χ1) is 10.6. The summed E-state index contributed by atoms with van der Waals surface area (Å²) < 4.78 is 10.4. The van der Waals surface area contributed by atoms with Gasteiger partial charge in [0.15, 0.2) is 0 Å². The molecule has 118 valence electrons. The topological polar surface area (TPSA) is 80.5 Å². The Labute approximate surface area is 129 Å². The molecular weight excluding hydrogens is 284 g/mol. The Kier molecular flexibility index (Phi) is 5.48. The van der Waals surface area contributed by atoms with Crippen LogP contribution in [0, 0.1) is 6.92 Å². The molecule has 0 saturated heterocycles. The van der Waals surface area contributed by atoms with Crippen LogP contribution in [0.25, 0.3) is 0 Å². The van der Waals surface area contributed by atoms with E-state index in [1.54, 1.807) is 38.3 Å². The van der Waals surface area contributed by atoms with Crippen molar-refractivity contribution in [3.8, 4) is 5.75 Å². The minimum Gasteiger partial charge on any atom is -0.497 e. The van der Waals surface area contributed by atoms with Crippen LogP contribution in [0.5, 0.6) is 5.75 Å². The van der Waals surface area contributed by atoms with Crippen LogP contribution in [-0.2, 0) is 11.3 Å². The van der Waals surface area contributed by atoms with Crippen molar-refractivity contribution in [2.24, 2.45) is 0 Å². The zero-order chi connectivity index (χ0) is 15.9. The molecule has 1 amide bonds. The van der Waals surface area contributed by atoms with E-state index in [9.17, 15) is 4.79 Å². The predicted octanol–water partition coefficient (Wildman–Crippen LogP) is 1.85. The Balaban J connectivity index is 1.88. The van der Waals surface area contributed by atoms with Gasteiger partial charge in [0.2, 0.25) is 17.7 Å². The number of carbonyl (C=O) groups excluding carboxylic acids is 1. The molecule has 0 saturated carbocycles. The Bertz CT molecular complexity index is 610. The molecule has 0 atom stereocenters. The third kappa shape index (κ3) is 4.56. The van der Waals surface area contributed by atoms with E-state index in [2.05, 4.69) is 15.5 Å². The number of amides is 1. The summed E-state index contributed by atoms with van der Waals surface area (Å²) in [5.41, 5.74) is 0.732. The van der Waals surface area contributed by atoms with Gasteiger partial charge in [-0.1, -0.05) is 6.92 Å². The molecular formula is C15H20N4O3. The highest BCUT2D eigenvalue weighted by atomic mass is 16.5. The largest absolute Gasteiger partial charge is 0.497 e. The van der Waals surface area contributed by atoms with Gasteiger partial charge in [0, 0.05) is 12.6 Å². The Hall–Kier alpha value is -2.41. The fourth-order valence-electron chi connectivity index (χ4n) is 1.95. The van der Waals surface area contributed by atoms with Gasteiger partial charge in [-0.05, 0) is 30.8 Å². The maximum absolute atomic E-state index is 12.1. The van der Waals surface area contributed by atoms with E-state index in [1.165, 1.54) is 0 Å². The molecule has 1 aromatic heterocycles. The number of benzene rings is 1. The average molecular weight is 304 g/mol. The predicted molar refractivity (Wildman–Crippen MR) is 81.6 cm³/mol. The maximum Gasteiger partial charge on any atom is 0.238 e. The molecule has 0 unspecified atom stereocenters. The number of anilines is 1. The lowest BCUT2D eigenvalue weighted by Crippen LogP contribution is -2.32. The Morgan fingerprint density at radius 2 is 2.05 bits per heavy atom. The first-order valence-electron chi connectivity index (χ1n) is 7.06. The summed E-state index contributed by atoms with van der Waals surface area (Å²) >= 11 is 0. The number of likely N-dealkylation sites (N-methyl/N-ethyl adjacent to an activating group) is 1. The van der Waals surface area contributed by atoms with Gasteiger partial charge < -0.3 is 14.5 Å². The molecule has 7 nitrogen and oxygen atoms in total. The molecule has 0 radical (unpaired) electrons. The van der Waals surface area contributed by atoms with Gasteiger partial charge in [0.25, 0.3) is 0 Å². The van der Waals surface area contributed by atoms with Crippen molar-refractivity contribution in [2.45, 2.75) is 20.4 Å². The SMILES string of the molecule is CCN(CC(=O)Nc1ccc(OC)cc1)Cc1nnc(C)o1. The first kappa shape index (κ1) is 16.0. The van der Waals surface area contributed by atoms with Crippen molar-refractivity contribution in [3.63, 3.8) is 0 Å². The quantitative estimate of drug-likeness (QED) is 0.841. The molecule has 0 aliphatic carbocycles. The van der Waals surface area contributed by atoms with Crippen LogP contribution in [0.2, 0.25) is 0 Å². The standard InChI is InChI=1S/C15H20N4O3/c1-4-19(10-15-18-17-11(2)22-15)9-14(20)16-12-5-7-13(21-3)8-6-12/h5-8H,4,9-10H2,1-3H3,(H,16,20). The molecule has 0 aliphatic rings. The molecule has 2 aromatic rings. The number of ether oxygens (including phenoxy) is 1. The lowest BCUT2D eigenvalue weighted by Gasteiger charge is -2.17. The van der Waals surface area contributed by atoms with Crippen LogP contribution in [0.1, 0.15) is 18.7 Å². The van der Waals surface area contributed by atoms with Gasteiger partial charge >= 0.3 is 0 Å². The number of nitrogens with one attached hydrogen (secondary N) is 1. The minimum atomic E-state index is -0.0942. The number of hydrogen-bond acceptors (Lipinski definition) is 6. The lowest BCUT2D eigenvalue weighted by atomic mass is 10.3. The number of hydrogen-bond donors (Lipinski definition) is 1. The number of carbonyl (C=O) groups is 1. The average Bonchev–Trinajstić information content (AvgIpc) is 2.92. The summed E-state index contributed by atoms with van der Waals surface area (Å²) in [5, 5.41) is 10.6. The monoisotopic (exact) mass is 304 g/mol. The summed E-state index contributed by atoms with van der Waals surface area (Å²) in [6.45, 7) is 5.13. The molecule has 0 aliphatic heterocycles. The fourth-order valence-corrected chi connectivity index (χ4v) is 1.95. The molecule has 2 rings (SSSR count). The summed E-state index contributed by atoms with van der Waals surface area (Å²) in [6.07, 6.45) is 0. The third-order valence-electron chi connectivity index (χ3n) is 3.11. The van der Waals surface area contributed by atoms with E-state index in [0.717, 1.165) is 11.4 Å². The molecule has 22 heavy (non-hydrogen) atoms. The van der Waals surface area contributed by atoms with Crippen LogP contribution in [-0.4, -0.2) is 41.2 Å². The molecule has 0 bridgehead atoms. The van der Waals surface area contributed by atoms with Crippen LogP contribution >= 0.6 is 0 Å². The molecule has 0 spiro atoms. The molecule has 1 aromatic carbocycles. The normalized spacial score (nSPS) is 10.7. The van der Waals surface area contributed by atoms with Crippen molar-refractivity contribution >= 4 is 11.6 Å². The summed E-state index contributed by atoms with van der Waals surface area (Å²) in [7, 11) is 1.60. The Morgan fingerprint density at radius 1 is 1.32 bits per heavy atom. The van der Waals surface area contributed by atoms with Gasteiger partial charge in [0.1, 0.15) is 5.75 Å². The molecule has 1 heterocycles. The number of rotatable bonds is 7. The summed E-state index contributed by atoms with van der Waals surface area (Å²) in [6, 6.07) is 7.20. The van der Waals surface area contributed by atoms with E-state index in [0.29, 0.717) is 24.9 Å². The fraction of sp³-hybridized carbons (Fsp3) is 0.400. The highest BCUT2D eigenvalue weighted by Gasteiger charge is 2.13. The van der Waals surface area contributed by atoms with Crippen LogP contribution in [0.3, 0.4) is 0 Å². The van der Waals surface area contributed by atoms with E-state index in [4.69, 9.17) is 9.15 Å². The van der Waals surface area contributed by atoms with Gasteiger partial charge in [-0.3, -0.25) is 9.69 Å². The van der Waals surface area contributed by atoms with Crippen LogP contribution in [0.4, 0.5) is 5.69 Å². The smallest absolute Gasteiger partial charge is 0.238 e. The highest BCUT2D eigenvalue weighted by molar-refractivity contribution is 5.92. The molecule has 0 fully saturated rings. The first-order valence-corrected chi connectivity index (χ1v) is 7.06. The second-order valence-electron chi connectivity index (χ2n) is 4.79. The second-order valence-corrected chi connectivity index (χ2v) is 4.79. The van der Waals surface area contributed by atoms with Crippen LogP contribution in [0.15, 0.2) is 28.7 Å². The van der Waals surface area contributed by atoms with Gasteiger partial charge in [-0.2, -0.15) is 0 Å². The van der Waals surface area contributed by atoms with Crippen molar-refractivity contribution in [1.82, 2.24) is 15.1 Å². The van der Waals surface area contributed by atoms with E-state index >= 15 is 0 Å². The number of nitrogens with zero attached hydrogens (tertiary/aromatic N) is 3. The van der Waals surface area contributed by atoms with E-state index in [-0.39, 0.29) is 12.5 Å². The highest BCUT2D eigenvalue weighted by Crippen LogP contribution is 2.15. The third-order valence-corrected chi connectivity index (χ3v) is 3.11. The summed E-state index contributed by atoms with van der Waals surface area (Å²) in [4.78, 5) is 14.0. The van der Waals surface area contributed by atoms with Crippen molar-refractivity contribution in [2.75, 3.05) is 25.5 Å². The van der Waals surface area contributed by atoms with Crippen molar-refractivity contribution < 1.29 is 13.9 Å². The number of methoxy groups -OCH3 is 1. The minimum absolute atomic E-state index is 0.0942. The maximum atomic E-state index is 12.1. The van der Waals surface area contributed by atoms with E-state index in [1.807, 2.05) is 11.8 Å². The Morgan fingerprint density at radius 3 is 2.59 bits per heavy atom. The molecule has 1 N–H and O–H groups in total. The lowest BCUT2D eigenvalue weighted by molar-refractivity contribution is -0.117. The van der Waals surface area contributed by atoms with Gasteiger partial charge in [0.05, 0.1) is 20.2 Å². The number of aryl methyl sites for hydroxylation is 1. The number of aromatic nitrogens is 2. The zero-order valence-corrected chi connectivity index (χ0v) is 13.0. The molecule has 7 heteroatoms. The van der Waals surface area contributed by atoms with Gasteiger partial charge in [-0.25, -0.2) is 0 Å². The van der Waals surface area contributed by atoms with E-state index < -0.39 is 0 Å². The van der Waals surface area contributed by atoms with Crippen molar-refractivity contribution in [3.05, 3.63) is 36.0 Å². The zero-order valence-electron chi connectivity index (χ0n) is 13.0.